The Morgan fingerprint density at radius 1 is 1.44 bits per heavy atom. The number of aryl methyl sites for hydroxylation is 1. The fourth-order valence-corrected chi connectivity index (χ4v) is 2.35. The summed E-state index contributed by atoms with van der Waals surface area (Å²) in [5.74, 6) is 0.695. The van der Waals surface area contributed by atoms with E-state index < -0.39 is 12.6 Å². The summed E-state index contributed by atoms with van der Waals surface area (Å²) in [7, 11) is 1.93. The molecule has 2 rings (SSSR count). The quantitative estimate of drug-likeness (QED) is 0.828. The maximum Gasteiger partial charge on any atom is 0.389 e. The molecule has 2 nitrogen and oxygen atoms in total. The zero-order chi connectivity index (χ0) is 13.2. The van der Waals surface area contributed by atoms with Gasteiger partial charge in [-0.2, -0.15) is 13.2 Å². The first-order valence-electron chi connectivity index (χ1n) is 6.39. The van der Waals surface area contributed by atoms with Crippen LogP contribution in [0.4, 0.5) is 13.2 Å². The van der Waals surface area contributed by atoms with Crippen LogP contribution >= 0.6 is 0 Å². The van der Waals surface area contributed by atoms with Crippen LogP contribution in [0.2, 0.25) is 0 Å². The molecule has 1 aromatic heterocycles. The third-order valence-electron chi connectivity index (χ3n) is 3.41. The zero-order valence-corrected chi connectivity index (χ0v) is 10.5. The smallest absolute Gasteiger partial charge is 0.354 e. The van der Waals surface area contributed by atoms with E-state index in [1.54, 1.807) is 0 Å². The van der Waals surface area contributed by atoms with Gasteiger partial charge in [0.25, 0.3) is 0 Å². The molecular formula is C13H19F3N2. The number of hydrogen-bond donors (Lipinski definition) is 1. The number of alkyl halides is 3. The first-order chi connectivity index (χ1) is 8.49. The first kappa shape index (κ1) is 13.5. The molecule has 1 heterocycles. The Labute approximate surface area is 105 Å². The van der Waals surface area contributed by atoms with Crippen molar-refractivity contribution in [3.8, 4) is 0 Å². The predicted molar refractivity (Wildman–Crippen MR) is 64.2 cm³/mol. The van der Waals surface area contributed by atoms with E-state index in [1.165, 1.54) is 18.4 Å². The lowest BCUT2D eigenvalue weighted by molar-refractivity contribution is -0.135. The molecule has 1 fully saturated rings. The molecule has 1 saturated carbocycles. The normalized spacial score (nSPS) is 18.0. The van der Waals surface area contributed by atoms with Crippen LogP contribution in [-0.2, 0) is 6.54 Å². The Kier molecular flexibility index (Phi) is 4.00. The zero-order valence-electron chi connectivity index (χ0n) is 10.5. The van der Waals surface area contributed by atoms with E-state index in [0.29, 0.717) is 18.5 Å². The van der Waals surface area contributed by atoms with Crippen LogP contribution in [0.15, 0.2) is 18.5 Å². The van der Waals surface area contributed by atoms with E-state index in [1.807, 2.05) is 30.1 Å². The van der Waals surface area contributed by atoms with E-state index in [2.05, 4.69) is 5.32 Å². The molecule has 0 saturated heterocycles. The van der Waals surface area contributed by atoms with Crippen LogP contribution in [0.25, 0.3) is 0 Å². The number of rotatable bonds is 6. The molecule has 1 aliphatic rings. The third-order valence-corrected chi connectivity index (χ3v) is 3.41. The Hall–Kier alpha value is -0.970. The van der Waals surface area contributed by atoms with Crippen molar-refractivity contribution in [3.63, 3.8) is 0 Å². The molecule has 0 aliphatic heterocycles. The van der Waals surface area contributed by atoms with Crippen LogP contribution < -0.4 is 5.32 Å². The number of aromatic nitrogens is 1. The summed E-state index contributed by atoms with van der Waals surface area (Å²) in [6.45, 7) is 0.431. The summed E-state index contributed by atoms with van der Waals surface area (Å²) in [5, 5.41) is 3.28. The number of halogens is 3. The van der Waals surface area contributed by atoms with Gasteiger partial charge in [-0.1, -0.05) is 0 Å². The van der Waals surface area contributed by atoms with Gasteiger partial charge in [-0.3, -0.25) is 0 Å². The molecule has 5 heteroatoms. The molecule has 1 aliphatic carbocycles. The average Bonchev–Trinajstić information content (AvgIpc) is 2.99. The Morgan fingerprint density at radius 3 is 2.72 bits per heavy atom. The van der Waals surface area contributed by atoms with Crippen molar-refractivity contribution in [3.05, 3.63) is 24.0 Å². The monoisotopic (exact) mass is 260 g/mol. The van der Waals surface area contributed by atoms with Gasteiger partial charge in [0.2, 0.25) is 0 Å². The molecular weight excluding hydrogens is 241 g/mol. The van der Waals surface area contributed by atoms with Crippen LogP contribution in [0.1, 0.15) is 37.3 Å². The van der Waals surface area contributed by atoms with E-state index in [4.69, 9.17) is 0 Å². The Morgan fingerprint density at radius 2 is 2.17 bits per heavy atom. The van der Waals surface area contributed by atoms with Gasteiger partial charge in [0, 0.05) is 31.4 Å². The van der Waals surface area contributed by atoms with Gasteiger partial charge in [0.05, 0.1) is 0 Å². The van der Waals surface area contributed by atoms with Gasteiger partial charge in [0.1, 0.15) is 0 Å². The minimum atomic E-state index is -4.04. The highest BCUT2D eigenvalue weighted by molar-refractivity contribution is 5.18. The second kappa shape index (κ2) is 5.34. The maximum atomic E-state index is 12.0. The number of nitrogens with zero attached hydrogens (tertiary/aromatic N) is 1. The first-order valence-corrected chi connectivity index (χ1v) is 6.39. The molecule has 1 N–H and O–H groups in total. The number of nitrogens with one attached hydrogen (secondary N) is 1. The molecule has 1 aromatic rings. The van der Waals surface area contributed by atoms with Gasteiger partial charge in [0.15, 0.2) is 0 Å². The van der Waals surface area contributed by atoms with Gasteiger partial charge in [-0.05, 0) is 43.9 Å². The van der Waals surface area contributed by atoms with Crippen molar-refractivity contribution in [1.29, 1.82) is 0 Å². The fraction of sp³-hybridized carbons (Fsp3) is 0.692. The van der Waals surface area contributed by atoms with Crippen molar-refractivity contribution < 1.29 is 13.2 Å². The van der Waals surface area contributed by atoms with Gasteiger partial charge in [-0.25, -0.2) is 0 Å². The van der Waals surface area contributed by atoms with Crippen molar-refractivity contribution in [2.45, 2.75) is 44.4 Å². The second-order valence-corrected chi connectivity index (χ2v) is 5.01. The minimum absolute atomic E-state index is 0.144. The lowest BCUT2D eigenvalue weighted by Crippen LogP contribution is -2.17. The molecule has 1 unspecified atom stereocenters. The van der Waals surface area contributed by atoms with Crippen molar-refractivity contribution in [2.24, 2.45) is 5.92 Å². The summed E-state index contributed by atoms with van der Waals surface area (Å²) in [5.41, 5.74) is 1.19. The van der Waals surface area contributed by atoms with Crippen molar-refractivity contribution in [2.75, 3.05) is 7.05 Å². The predicted octanol–water partition coefficient (Wildman–Crippen LogP) is 3.50. The molecule has 1 atom stereocenters. The highest BCUT2D eigenvalue weighted by Crippen LogP contribution is 2.40. The maximum absolute atomic E-state index is 12.0. The summed E-state index contributed by atoms with van der Waals surface area (Å²) >= 11 is 0. The lowest BCUT2D eigenvalue weighted by atomic mass is 10.1. The summed E-state index contributed by atoms with van der Waals surface area (Å²) in [6.07, 6.45) is 1.71. The highest BCUT2D eigenvalue weighted by atomic mass is 19.4. The molecule has 0 spiro atoms. The van der Waals surface area contributed by atoms with Crippen LogP contribution in [0.3, 0.4) is 0 Å². The molecule has 0 amide bonds. The van der Waals surface area contributed by atoms with E-state index in [9.17, 15) is 13.2 Å². The molecule has 0 radical (unpaired) electrons. The van der Waals surface area contributed by atoms with Crippen LogP contribution in [-0.4, -0.2) is 17.8 Å². The van der Waals surface area contributed by atoms with Gasteiger partial charge in [-0.15, -0.1) is 0 Å². The largest absolute Gasteiger partial charge is 0.389 e. The molecule has 18 heavy (non-hydrogen) atoms. The third kappa shape index (κ3) is 3.77. The summed E-state index contributed by atoms with van der Waals surface area (Å²) in [4.78, 5) is 0. The molecule has 102 valence electrons. The summed E-state index contributed by atoms with van der Waals surface area (Å²) < 4.78 is 38.0. The van der Waals surface area contributed by atoms with Crippen LogP contribution in [0, 0.1) is 5.92 Å². The fourth-order valence-electron chi connectivity index (χ4n) is 2.35. The SMILES string of the molecule is CNC(c1ccn(CCCC(F)(F)F)c1)C1CC1. The average molecular weight is 260 g/mol. The topological polar surface area (TPSA) is 17.0 Å². The number of hydrogen-bond acceptors (Lipinski definition) is 1. The van der Waals surface area contributed by atoms with E-state index in [0.717, 1.165) is 0 Å². The standard InChI is InChI=1S/C13H19F3N2/c1-17-12(10-3-4-10)11-5-8-18(9-11)7-2-6-13(14,15)16/h5,8-10,12,17H,2-4,6-7H2,1H3. The van der Waals surface area contributed by atoms with Crippen molar-refractivity contribution >= 4 is 0 Å². The second-order valence-electron chi connectivity index (χ2n) is 5.01. The minimum Gasteiger partial charge on any atom is -0.354 e. The van der Waals surface area contributed by atoms with E-state index >= 15 is 0 Å². The highest BCUT2D eigenvalue weighted by Gasteiger charge is 2.31. The van der Waals surface area contributed by atoms with Gasteiger partial charge >= 0.3 is 6.18 Å². The summed E-state index contributed by atoms with van der Waals surface area (Å²) in [6, 6.07) is 2.36. The van der Waals surface area contributed by atoms with Crippen LogP contribution in [0.5, 0.6) is 0 Å². The lowest BCUT2D eigenvalue weighted by Gasteiger charge is -2.13. The van der Waals surface area contributed by atoms with E-state index in [-0.39, 0.29) is 6.42 Å². The molecule has 0 bridgehead atoms. The Balaban J connectivity index is 1.85. The Bertz CT molecular complexity index is 380. The van der Waals surface area contributed by atoms with Gasteiger partial charge < -0.3 is 9.88 Å². The van der Waals surface area contributed by atoms with Crippen molar-refractivity contribution in [1.82, 2.24) is 9.88 Å². The molecule has 0 aromatic carbocycles.